The molecule has 1 aliphatic heterocycles. The second-order valence-electron chi connectivity index (χ2n) is 6.30. The molecular weight excluding hydrogens is 282 g/mol. The maximum Gasteiger partial charge on any atom is 0.0486 e. The first-order chi connectivity index (χ1) is 11.4. The van der Waals surface area contributed by atoms with Crippen LogP contribution in [0.3, 0.4) is 0 Å². The summed E-state index contributed by atoms with van der Waals surface area (Å²) in [7, 11) is 0. The summed E-state index contributed by atoms with van der Waals surface area (Å²) in [6.45, 7) is 4.39. The second kappa shape index (κ2) is 6.17. The summed E-state index contributed by atoms with van der Waals surface area (Å²) in [4.78, 5) is 4.12. The van der Waals surface area contributed by atoms with Gasteiger partial charge >= 0.3 is 0 Å². The Hall–Kier alpha value is -2.13. The van der Waals surface area contributed by atoms with Crippen molar-refractivity contribution < 1.29 is 0 Å². The van der Waals surface area contributed by atoms with Crippen LogP contribution in [0.2, 0.25) is 0 Å². The van der Waals surface area contributed by atoms with Crippen molar-refractivity contribution in [1.82, 2.24) is 14.9 Å². The average molecular weight is 305 g/mol. The third kappa shape index (κ3) is 2.55. The van der Waals surface area contributed by atoms with E-state index < -0.39 is 0 Å². The number of para-hydroxylation sites is 1. The number of hydrogen-bond acceptors (Lipinski definition) is 2. The van der Waals surface area contributed by atoms with Crippen molar-refractivity contribution in [3.8, 4) is 0 Å². The lowest BCUT2D eigenvalue weighted by molar-refractivity contribution is 0.481. The lowest BCUT2D eigenvalue weighted by atomic mass is 9.96. The predicted molar refractivity (Wildman–Crippen MR) is 94.6 cm³/mol. The van der Waals surface area contributed by atoms with Crippen LogP contribution in [-0.2, 0) is 19.4 Å². The van der Waals surface area contributed by atoms with Gasteiger partial charge in [-0.3, -0.25) is 4.98 Å². The van der Waals surface area contributed by atoms with Crippen LogP contribution in [0.15, 0.2) is 48.8 Å². The largest absolute Gasteiger partial charge is 0.344 e. The van der Waals surface area contributed by atoms with Crippen molar-refractivity contribution in [3.63, 3.8) is 0 Å². The van der Waals surface area contributed by atoms with E-state index in [4.69, 9.17) is 0 Å². The SMILES string of the molecule is CCC1NCCc2c1c1ccccc1n2CCc1ccncc1. The maximum absolute atomic E-state index is 4.12. The standard InChI is InChI=1S/C20H23N3/c1-2-17-20-16-5-3-4-6-18(16)23(19(20)9-13-22-17)14-10-15-7-11-21-12-8-15/h3-8,11-12,17,22H,2,9-10,13-14H2,1H3. The summed E-state index contributed by atoms with van der Waals surface area (Å²) in [5, 5.41) is 5.11. The number of nitrogens with zero attached hydrogens (tertiary/aromatic N) is 2. The summed E-state index contributed by atoms with van der Waals surface area (Å²) in [5.41, 5.74) is 5.80. The zero-order chi connectivity index (χ0) is 15.6. The van der Waals surface area contributed by atoms with Crippen LogP contribution in [-0.4, -0.2) is 16.1 Å². The van der Waals surface area contributed by atoms with Gasteiger partial charge in [-0.1, -0.05) is 25.1 Å². The molecule has 0 aliphatic carbocycles. The Bertz CT molecular complexity index is 804. The van der Waals surface area contributed by atoms with Crippen LogP contribution in [0.1, 0.15) is 36.2 Å². The highest BCUT2D eigenvalue weighted by Crippen LogP contribution is 2.35. The molecule has 4 rings (SSSR count). The van der Waals surface area contributed by atoms with E-state index in [0.29, 0.717) is 6.04 Å². The fraction of sp³-hybridized carbons (Fsp3) is 0.350. The van der Waals surface area contributed by atoms with Crippen molar-refractivity contribution in [2.75, 3.05) is 6.54 Å². The van der Waals surface area contributed by atoms with Gasteiger partial charge in [-0.2, -0.15) is 0 Å². The van der Waals surface area contributed by atoms with Crippen LogP contribution >= 0.6 is 0 Å². The molecule has 118 valence electrons. The Kier molecular flexibility index (Phi) is 3.88. The van der Waals surface area contributed by atoms with Gasteiger partial charge in [0.15, 0.2) is 0 Å². The predicted octanol–water partition coefficient (Wildman–Crippen LogP) is 3.88. The minimum atomic E-state index is 0.492. The highest BCUT2D eigenvalue weighted by Gasteiger charge is 2.25. The number of fused-ring (bicyclic) bond motifs is 3. The van der Waals surface area contributed by atoms with Crippen molar-refractivity contribution >= 4 is 10.9 Å². The van der Waals surface area contributed by atoms with E-state index in [1.54, 1.807) is 0 Å². The molecule has 3 nitrogen and oxygen atoms in total. The number of hydrogen-bond donors (Lipinski definition) is 1. The van der Waals surface area contributed by atoms with E-state index in [0.717, 1.165) is 32.4 Å². The lowest BCUT2D eigenvalue weighted by Gasteiger charge is -2.25. The first-order valence-electron chi connectivity index (χ1n) is 8.60. The molecule has 1 unspecified atom stereocenters. The van der Waals surface area contributed by atoms with Gasteiger partial charge in [0, 0.05) is 54.5 Å². The molecule has 1 aromatic carbocycles. The van der Waals surface area contributed by atoms with Gasteiger partial charge in [0.2, 0.25) is 0 Å². The molecule has 1 N–H and O–H groups in total. The van der Waals surface area contributed by atoms with Gasteiger partial charge in [-0.25, -0.2) is 0 Å². The van der Waals surface area contributed by atoms with E-state index in [-0.39, 0.29) is 0 Å². The highest BCUT2D eigenvalue weighted by atomic mass is 15.0. The quantitative estimate of drug-likeness (QED) is 0.793. The zero-order valence-corrected chi connectivity index (χ0v) is 13.6. The van der Waals surface area contributed by atoms with Crippen LogP contribution in [0, 0.1) is 0 Å². The van der Waals surface area contributed by atoms with Gasteiger partial charge in [0.1, 0.15) is 0 Å². The van der Waals surface area contributed by atoms with E-state index >= 15 is 0 Å². The maximum atomic E-state index is 4.12. The Morgan fingerprint density at radius 3 is 2.83 bits per heavy atom. The molecule has 1 atom stereocenters. The third-order valence-corrected chi connectivity index (χ3v) is 5.00. The van der Waals surface area contributed by atoms with Crippen molar-refractivity contribution in [2.45, 2.75) is 38.8 Å². The van der Waals surface area contributed by atoms with E-state index in [2.05, 4.69) is 58.2 Å². The topological polar surface area (TPSA) is 29.9 Å². The molecule has 0 bridgehead atoms. The van der Waals surface area contributed by atoms with Gasteiger partial charge in [-0.05, 0) is 42.2 Å². The molecule has 0 saturated heterocycles. The Morgan fingerprint density at radius 2 is 2.00 bits per heavy atom. The van der Waals surface area contributed by atoms with Gasteiger partial charge in [-0.15, -0.1) is 0 Å². The summed E-state index contributed by atoms with van der Waals surface area (Å²) < 4.78 is 2.55. The average Bonchev–Trinajstić information content (AvgIpc) is 2.95. The van der Waals surface area contributed by atoms with E-state index in [9.17, 15) is 0 Å². The molecule has 23 heavy (non-hydrogen) atoms. The van der Waals surface area contributed by atoms with Gasteiger partial charge in [0.25, 0.3) is 0 Å². The first kappa shape index (κ1) is 14.5. The number of benzene rings is 1. The van der Waals surface area contributed by atoms with Gasteiger partial charge < -0.3 is 9.88 Å². The Morgan fingerprint density at radius 1 is 1.17 bits per heavy atom. The van der Waals surface area contributed by atoms with Crippen molar-refractivity contribution in [3.05, 3.63) is 65.6 Å². The van der Waals surface area contributed by atoms with Crippen LogP contribution in [0.25, 0.3) is 10.9 Å². The summed E-state index contributed by atoms with van der Waals surface area (Å²) in [6.07, 6.45) is 7.09. The molecule has 0 radical (unpaired) electrons. The van der Waals surface area contributed by atoms with E-state index in [1.807, 2.05) is 12.4 Å². The van der Waals surface area contributed by atoms with Crippen molar-refractivity contribution in [2.24, 2.45) is 0 Å². The second-order valence-corrected chi connectivity index (χ2v) is 6.30. The number of rotatable bonds is 4. The molecule has 3 aromatic rings. The highest BCUT2D eigenvalue weighted by molar-refractivity contribution is 5.86. The number of aryl methyl sites for hydroxylation is 2. The van der Waals surface area contributed by atoms with Crippen LogP contribution in [0.4, 0.5) is 0 Å². The number of nitrogens with one attached hydrogen (secondary N) is 1. The summed E-state index contributed by atoms with van der Waals surface area (Å²) >= 11 is 0. The normalized spacial score (nSPS) is 17.3. The molecule has 1 aliphatic rings. The molecule has 0 fully saturated rings. The molecule has 3 heterocycles. The molecule has 0 spiro atoms. The fourth-order valence-corrected chi connectivity index (χ4v) is 3.90. The molecule has 0 saturated carbocycles. The first-order valence-corrected chi connectivity index (χ1v) is 8.60. The fourth-order valence-electron chi connectivity index (χ4n) is 3.90. The lowest BCUT2D eigenvalue weighted by Crippen LogP contribution is -2.30. The molecule has 3 heteroatoms. The minimum Gasteiger partial charge on any atom is -0.344 e. The smallest absolute Gasteiger partial charge is 0.0486 e. The molecule has 0 amide bonds. The van der Waals surface area contributed by atoms with E-state index in [1.165, 1.54) is 27.7 Å². The van der Waals surface area contributed by atoms with Crippen molar-refractivity contribution in [1.29, 1.82) is 0 Å². The van der Waals surface area contributed by atoms with Crippen LogP contribution in [0.5, 0.6) is 0 Å². The zero-order valence-electron chi connectivity index (χ0n) is 13.6. The Labute approximate surface area is 137 Å². The number of aromatic nitrogens is 2. The Balaban J connectivity index is 1.77. The van der Waals surface area contributed by atoms with Gasteiger partial charge in [0.05, 0.1) is 0 Å². The molecule has 2 aromatic heterocycles. The minimum absolute atomic E-state index is 0.492. The summed E-state index contributed by atoms with van der Waals surface area (Å²) in [6, 6.07) is 13.6. The third-order valence-electron chi connectivity index (χ3n) is 5.00. The van der Waals surface area contributed by atoms with Crippen LogP contribution < -0.4 is 5.32 Å². The summed E-state index contributed by atoms with van der Waals surface area (Å²) in [5.74, 6) is 0. The molecular formula is C20H23N3. The monoisotopic (exact) mass is 305 g/mol. The number of pyridine rings is 1.